The number of methoxy groups -OCH3 is 1. The van der Waals surface area contributed by atoms with Crippen molar-refractivity contribution in [3.8, 4) is 18.1 Å². The normalized spacial score (nSPS) is 10.1. The third-order valence-corrected chi connectivity index (χ3v) is 2.81. The molecule has 1 N–H and O–H groups in total. The Balaban J connectivity index is 1.98. The molecule has 6 heteroatoms. The van der Waals surface area contributed by atoms with Crippen LogP contribution < -0.4 is 10.1 Å². The molecule has 126 valence electrons. The number of rotatable bonds is 12. The molecule has 1 rings (SSSR count). The maximum Gasteiger partial charge on any atom is 0.251 e. The largest absolute Gasteiger partial charge is 0.497 e. The molecule has 0 bridgehead atoms. The molecule has 0 aliphatic carbocycles. The monoisotopic (exact) mass is 321 g/mol. The van der Waals surface area contributed by atoms with E-state index in [9.17, 15) is 4.79 Å². The Labute approximate surface area is 137 Å². The van der Waals surface area contributed by atoms with Crippen LogP contribution in [0, 0.1) is 12.3 Å². The Hall–Kier alpha value is -2.07. The molecule has 0 radical (unpaired) electrons. The lowest BCUT2D eigenvalue weighted by Gasteiger charge is -2.08. The fourth-order valence-electron chi connectivity index (χ4n) is 1.65. The van der Waals surface area contributed by atoms with Crippen LogP contribution in [0.15, 0.2) is 24.3 Å². The predicted molar refractivity (Wildman–Crippen MR) is 86.6 cm³/mol. The highest BCUT2D eigenvalue weighted by molar-refractivity contribution is 5.94. The number of amides is 1. The Morgan fingerprint density at radius 2 is 1.65 bits per heavy atom. The van der Waals surface area contributed by atoms with Crippen LogP contribution in [0.3, 0.4) is 0 Å². The van der Waals surface area contributed by atoms with Gasteiger partial charge < -0.3 is 24.3 Å². The second-order valence-electron chi connectivity index (χ2n) is 4.47. The average molecular weight is 321 g/mol. The molecule has 0 saturated heterocycles. The molecule has 0 aliphatic rings. The van der Waals surface area contributed by atoms with Gasteiger partial charge in [0, 0.05) is 12.1 Å². The predicted octanol–water partition coefficient (Wildman–Crippen LogP) is 1.11. The summed E-state index contributed by atoms with van der Waals surface area (Å²) in [5.41, 5.74) is 0.584. The molecule has 0 aliphatic heterocycles. The molecular weight excluding hydrogens is 298 g/mol. The van der Waals surface area contributed by atoms with E-state index in [1.165, 1.54) is 0 Å². The highest BCUT2D eigenvalue weighted by Gasteiger charge is 2.04. The minimum atomic E-state index is -0.141. The van der Waals surface area contributed by atoms with Crippen molar-refractivity contribution in [2.45, 2.75) is 0 Å². The van der Waals surface area contributed by atoms with E-state index in [2.05, 4.69) is 11.2 Å². The lowest BCUT2D eigenvalue weighted by molar-refractivity contribution is 0.0209. The van der Waals surface area contributed by atoms with E-state index < -0.39 is 0 Å². The Morgan fingerprint density at radius 3 is 2.26 bits per heavy atom. The molecule has 1 amide bonds. The van der Waals surface area contributed by atoms with Crippen LogP contribution in [0.2, 0.25) is 0 Å². The van der Waals surface area contributed by atoms with E-state index >= 15 is 0 Å². The molecule has 0 heterocycles. The number of hydrogen-bond acceptors (Lipinski definition) is 5. The number of nitrogens with one attached hydrogen (secondary N) is 1. The molecule has 0 atom stereocenters. The van der Waals surface area contributed by atoms with Gasteiger partial charge in [-0.2, -0.15) is 0 Å². The summed E-state index contributed by atoms with van der Waals surface area (Å²) in [5.74, 6) is 2.95. The molecule has 1 aromatic rings. The summed E-state index contributed by atoms with van der Waals surface area (Å²) < 4.78 is 20.7. The van der Waals surface area contributed by atoms with Gasteiger partial charge in [0.25, 0.3) is 5.91 Å². The van der Waals surface area contributed by atoms with Gasteiger partial charge in [-0.25, -0.2) is 0 Å². The zero-order valence-corrected chi connectivity index (χ0v) is 13.4. The molecule has 0 fully saturated rings. The van der Waals surface area contributed by atoms with Crippen molar-refractivity contribution >= 4 is 5.91 Å². The van der Waals surface area contributed by atoms with E-state index in [1.807, 2.05) is 0 Å². The summed E-state index contributed by atoms with van der Waals surface area (Å²) in [6.07, 6.45) is 5.04. The zero-order chi connectivity index (χ0) is 16.8. The Bertz CT molecular complexity index is 481. The number of terminal acetylenes is 1. The summed E-state index contributed by atoms with van der Waals surface area (Å²) in [5, 5.41) is 2.78. The summed E-state index contributed by atoms with van der Waals surface area (Å²) >= 11 is 0. The maximum absolute atomic E-state index is 11.8. The fraction of sp³-hybridized carbons (Fsp3) is 0.471. The average Bonchev–Trinajstić information content (AvgIpc) is 2.59. The van der Waals surface area contributed by atoms with Gasteiger partial charge in [0.1, 0.15) is 12.4 Å². The maximum atomic E-state index is 11.8. The van der Waals surface area contributed by atoms with Gasteiger partial charge in [-0.1, -0.05) is 5.92 Å². The van der Waals surface area contributed by atoms with Crippen molar-refractivity contribution in [2.24, 2.45) is 0 Å². The summed E-state index contributed by atoms with van der Waals surface area (Å²) in [6.45, 7) is 3.07. The number of hydrogen-bond donors (Lipinski definition) is 1. The second-order valence-corrected chi connectivity index (χ2v) is 4.47. The Morgan fingerprint density at radius 1 is 1.04 bits per heavy atom. The third-order valence-electron chi connectivity index (χ3n) is 2.81. The fourth-order valence-corrected chi connectivity index (χ4v) is 1.65. The van der Waals surface area contributed by atoms with Gasteiger partial charge in [0.2, 0.25) is 0 Å². The van der Waals surface area contributed by atoms with Crippen molar-refractivity contribution in [1.29, 1.82) is 0 Å². The van der Waals surface area contributed by atoms with Crippen molar-refractivity contribution in [3.63, 3.8) is 0 Å². The quantitative estimate of drug-likeness (QED) is 0.461. The summed E-state index contributed by atoms with van der Waals surface area (Å²) in [6, 6.07) is 6.92. The molecule has 23 heavy (non-hydrogen) atoms. The highest BCUT2D eigenvalue weighted by atomic mass is 16.5. The minimum absolute atomic E-state index is 0.141. The molecule has 1 aromatic carbocycles. The first kappa shape index (κ1) is 19.0. The van der Waals surface area contributed by atoms with Crippen LogP contribution >= 0.6 is 0 Å². The van der Waals surface area contributed by atoms with Crippen LogP contribution in [-0.2, 0) is 14.2 Å². The van der Waals surface area contributed by atoms with Crippen LogP contribution in [0.1, 0.15) is 10.4 Å². The van der Waals surface area contributed by atoms with Crippen molar-refractivity contribution < 1.29 is 23.7 Å². The van der Waals surface area contributed by atoms with E-state index in [0.717, 1.165) is 5.75 Å². The minimum Gasteiger partial charge on any atom is -0.497 e. The van der Waals surface area contributed by atoms with Crippen molar-refractivity contribution in [1.82, 2.24) is 5.32 Å². The lowest BCUT2D eigenvalue weighted by atomic mass is 10.2. The van der Waals surface area contributed by atoms with Crippen molar-refractivity contribution in [2.75, 3.05) is 53.3 Å². The van der Waals surface area contributed by atoms with Gasteiger partial charge in [-0.05, 0) is 24.3 Å². The number of ether oxygens (including phenoxy) is 4. The first-order valence-electron chi connectivity index (χ1n) is 7.37. The molecule has 0 unspecified atom stereocenters. The van der Waals surface area contributed by atoms with Gasteiger partial charge in [0.05, 0.1) is 40.1 Å². The van der Waals surface area contributed by atoms with Crippen LogP contribution in [0.5, 0.6) is 5.75 Å². The van der Waals surface area contributed by atoms with Crippen molar-refractivity contribution in [3.05, 3.63) is 29.8 Å². The van der Waals surface area contributed by atoms with Gasteiger partial charge in [0.15, 0.2) is 0 Å². The van der Waals surface area contributed by atoms with Gasteiger partial charge in [-0.15, -0.1) is 6.42 Å². The van der Waals surface area contributed by atoms with Crippen LogP contribution in [-0.4, -0.2) is 59.2 Å². The smallest absolute Gasteiger partial charge is 0.251 e. The standard InChI is InChI=1S/C17H23NO5/c1-3-9-21-11-13-23-14-12-22-10-8-18-17(19)15-4-6-16(20-2)7-5-15/h1,4-7H,8-14H2,2H3,(H,18,19). The molecule has 0 aromatic heterocycles. The highest BCUT2D eigenvalue weighted by Crippen LogP contribution is 2.10. The topological polar surface area (TPSA) is 66.0 Å². The molecular formula is C17H23NO5. The zero-order valence-electron chi connectivity index (χ0n) is 13.4. The SMILES string of the molecule is C#CCOCCOCCOCCNC(=O)c1ccc(OC)cc1. The molecule has 6 nitrogen and oxygen atoms in total. The molecule has 0 spiro atoms. The summed E-state index contributed by atoms with van der Waals surface area (Å²) in [4.78, 5) is 11.8. The van der Waals surface area contributed by atoms with Gasteiger partial charge in [-0.3, -0.25) is 4.79 Å². The first-order valence-corrected chi connectivity index (χ1v) is 7.37. The third kappa shape index (κ3) is 8.83. The lowest BCUT2D eigenvalue weighted by Crippen LogP contribution is -2.27. The van der Waals surface area contributed by atoms with E-state index in [4.69, 9.17) is 25.4 Å². The van der Waals surface area contributed by atoms with E-state index in [-0.39, 0.29) is 5.91 Å². The van der Waals surface area contributed by atoms with Crippen LogP contribution in [0.4, 0.5) is 0 Å². The van der Waals surface area contributed by atoms with E-state index in [0.29, 0.717) is 51.7 Å². The van der Waals surface area contributed by atoms with Gasteiger partial charge >= 0.3 is 0 Å². The van der Waals surface area contributed by atoms with Crippen LogP contribution in [0.25, 0.3) is 0 Å². The Kier molecular flexibility index (Phi) is 10.3. The van der Waals surface area contributed by atoms with E-state index in [1.54, 1.807) is 31.4 Å². The summed E-state index contributed by atoms with van der Waals surface area (Å²) in [7, 11) is 1.58. The second kappa shape index (κ2) is 12.5. The number of carbonyl (C=O) groups is 1. The number of benzene rings is 1. The first-order chi connectivity index (χ1) is 11.3. The number of carbonyl (C=O) groups excluding carboxylic acids is 1. The molecule has 0 saturated carbocycles.